The smallest absolute Gasteiger partial charge is 0.309 e. The van der Waals surface area contributed by atoms with Gasteiger partial charge in [0.15, 0.2) is 0 Å². The lowest BCUT2D eigenvalue weighted by Crippen LogP contribution is -2.42. The summed E-state index contributed by atoms with van der Waals surface area (Å²) in [7, 11) is 1.66. The molecule has 2 aromatic rings. The van der Waals surface area contributed by atoms with E-state index in [1.54, 1.807) is 26.2 Å². The SMILES string of the molecule is C=c1c(C2CC(C)(C(=O)O)C2)c(C(C)(C)COC)n(-c2ccc(F)cc2)c1=C. The van der Waals surface area contributed by atoms with Crippen molar-refractivity contribution in [1.29, 1.82) is 0 Å². The van der Waals surface area contributed by atoms with Crippen LogP contribution < -0.4 is 10.6 Å². The van der Waals surface area contributed by atoms with E-state index in [-0.39, 0.29) is 17.2 Å². The lowest BCUT2D eigenvalue weighted by Gasteiger charge is -2.43. The average Bonchev–Trinajstić information content (AvgIpc) is 2.85. The second kappa shape index (κ2) is 6.89. The largest absolute Gasteiger partial charge is 0.481 e. The highest BCUT2D eigenvalue weighted by molar-refractivity contribution is 5.76. The Morgan fingerprint density at radius 1 is 1.32 bits per heavy atom. The molecule has 0 aliphatic heterocycles. The first-order valence-electron chi connectivity index (χ1n) is 9.43. The molecule has 1 aromatic heterocycles. The van der Waals surface area contributed by atoms with Crippen LogP contribution in [0.2, 0.25) is 0 Å². The van der Waals surface area contributed by atoms with Crippen molar-refractivity contribution in [1.82, 2.24) is 4.57 Å². The fourth-order valence-corrected chi connectivity index (χ4v) is 4.51. The van der Waals surface area contributed by atoms with Crippen LogP contribution in [-0.4, -0.2) is 29.4 Å². The van der Waals surface area contributed by atoms with E-state index in [1.165, 1.54) is 12.1 Å². The normalized spacial score (nSPS) is 22.1. The summed E-state index contributed by atoms with van der Waals surface area (Å²) in [6.07, 6.45) is 1.13. The molecule has 0 radical (unpaired) electrons. The van der Waals surface area contributed by atoms with Crippen molar-refractivity contribution in [2.75, 3.05) is 13.7 Å². The number of aromatic nitrogens is 1. The molecule has 1 N–H and O–H groups in total. The Balaban J connectivity index is 2.22. The second-order valence-electron chi connectivity index (χ2n) is 8.79. The third-order valence-corrected chi connectivity index (χ3v) is 5.97. The van der Waals surface area contributed by atoms with Crippen molar-refractivity contribution in [3.63, 3.8) is 0 Å². The maximum Gasteiger partial charge on any atom is 0.309 e. The Bertz CT molecular complexity index is 998. The monoisotopic (exact) mass is 385 g/mol. The van der Waals surface area contributed by atoms with E-state index in [1.807, 2.05) is 4.57 Å². The molecule has 0 unspecified atom stereocenters. The lowest BCUT2D eigenvalue weighted by molar-refractivity contribution is -0.154. The van der Waals surface area contributed by atoms with Gasteiger partial charge in [0.25, 0.3) is 0 Å². The van der Waals surface area contributed by atoms with Gasteiger partial charge in [-0.3, -0.25) is 4.79 Å². The Labute approximate surface area is 165 Å². The van der Waals surface area contributed by atoms with Gasteiger partial charge in [0.05, 0.1) is 12.0 Å². The minimum atomic E-state index is -0.764. The summed E-state index contributed by atoms with van der Waals surface area (Å²) >= 11 is 0. The molecule has 5 heteroatoms. The number of hydrogen-bond acceptors (Lipinski definition) is 2. The molecule has 0 atom stereocenters. The molecule has 1 aliphatic rings. The number of nitrogens with zero attached hydrogens (tertiary/aromatic N) is 1. The first-order valence-corrected chi connectivity index (χ1v) is 9.43. The zero-order valence-electron chi connectivity index (χ0n) is 17.0. The van der Waals surface area contributed by atoms with Gasteiger partial charge >= 0.3 is 5.97 Å². The van der Waals surface area contributed by atoms with Gasteiger partial charge in [-0.1, -0.05) is 27.0 Å². The van der Waals surface area contributed by atoms with Crippen LogP contribution in [0.25, 0.3) is 18.8 Å². The molecule has 0 spiro atoms. The second-order valence-corrected chi connectivity index (χ2v) is 8.79. The molecule has 28 heavy (non-hydrogen) atoms. The first-order chi connectivity index (χ1) is 13.0. The maximum atomic E-state index is 13.5. The van der Waals surface area contributed by atoms with Gasteiger partial charge < -0.3 is 14.4 Å². The molecular formula is C23H28FNO3. The molecule has 1 aliphatic carbocycles. The summed E-state index contributed by atoms with van der Waals surface area (Å²) < 4.78 is 21.0. The molecular weight excluding hydrogens is 357 g/mol. The zero-order valence-corrected chi connectivity index (χ0v) is 17.0. The Morgan fingerprint density at radius 3 is 2.39 bits per heavy atom. The number of carbonyl (C=O) groups is 1. The summed E-state index contributed by atoms with van der Waals surface area (Å²) in [5.41, 5.74) is 1.79. The molecule has 1 fully saturated rings. The van der Waals surface area contributed by atoms with E-state index in [0.717, 1.165) is 27.5 Å². The van der Waals surface area contributed by atoms with Gasteiger partial charge in [0, 0.05) is 29.3 Å². The number of halogens is 1. The van der Waals surface area contributed by atoms with Gasteiger partial charge in [0.1, 0.15) is 5.82 Å². The number of carboxylic acids is 1. The van der Waals surface area contributed by atoms with Crippen molar-refractivity contribution in [3.05, 3.63) is 51.9 Å². The van der Waals surface area contributed by atoms with Gasteiger partial charge in [-0.2, -0.15) is 0 Å². The molecule has 0 amide bonds. The number of hydrogen-bond donors (Lipinski definition) is 1. The van der Waals surface area contributed by atoms with Crippen LogP contribution in [0.1, 0.15) is 50.8 Å². The molecule has 1 aromatic carbocycles. The topological polar surface area (TPSA) is 51.5 Å². The van der Waals surface area contributed by atoms with Crippen molar-refractivity contribution < 1.29 is 19.0 Å². The van der Waals surface area contributed by atoms with Gasteiger partial charge in [-0.15, -0.1) is 0 Å². The van der Waals surface area contributed by atoms with Crippen LogP contribution in [0.4, 0.5) is 4.39 Å². The van der Waals surface area contributed by atoms with Gasteiger partial charge in [-0.25, -0.2) is 4.39 Å². The van der Waals surface area contributed by atoms with Crippen LogP contribution >= 0.6 is 0 Å². The quantitative estimate of drug-likeness (QED) is 0.830. The van der Waals surface area contributed by atoms with Gasteiger partial charge in [-0.05, 0) is 60.7 Å². The van der Waals surface area contributed by atoms with Crippen molar-refractivity contribution >= 4 is 19.1 Å². The van der Waals surface area contributed by atoms with E-state index in [0.29, 0.717) is 19.4 Å². The summed E-state index contributed by atoms with van der Waals surface area (Å²) in [5.74, 6) is -0.965. The van der Waals surface area contributed by atoms with Gasteiger partial charge in [0.2, 0.25) is 0 Å². The van der Waals surface area contributed by atoms with Crippen molar-refractivity contribution in [2.45, 2.75) is 44.9 Å². The van der Waals surface area contributed by atoms with E-state index in [2.05, 4.69) is 27.0 Å². The fourth-order valence-electron chi connectivity index (χ4n) is 4.51. The molecule has 3 rings (SSSR count). The molecule has 1 saturated carbocycles. The predicted molar refractivity (Wildman–Crippen MR) is 109 cm³/mol. The Kier molecular flexibility index (Phi) is 5.00. The molecule has 150 valence electrons. The van der Waals surface area contributed by atoms with Crippen LogP contribution in [0.3, 0.4) is 0 Å². The zero-order chi connectivity index (χ0) is 20.9. The van der Waals surface area contributed by atoms with E-state index in [9.17, 15) is 14.3 Å². The third kappa shape index (κ3) is 3.18. The number of methoxy groups -OCH3 is 1. The number of benzene rings is 1. The highest BCUT2D eigenvalue weighted by Gasteiger charge is 2.49. The number of carboxylic acid groups (broad SMARTS) is 1. The van der Waals surface area contributed by atoms with Crippen molar-refractivity contribution in [2.24, 2.45) is 5.41 Å². The molecule has 4 nitrogen and oxygen atoms in total. The third-order valence-electron chi connectivity index (χ3n) is 5.97. The highest BCUT2D eigenvalue weighted by atomic mass is 19.1. The summed E-state index contributed by atoms with van der Waals surface area (Å²) in [6.45, 7) is 14.9. The number of ether oxygens (including phenoxy) is 1. The summed E-state index contributed by atoms with van der Waals surface area (Å²) in [5, 5.41) is 11.1. The highest BCUT2D eigenvalue weighted by Crippen LogP contribution is 2.52. The predicted octanol–water partition coefficient (Wildman–Crippen LogP) is 3.33. The van der Waals surface area contributed by atoms with Crippen molar-refractivity contribution in [3.8, 4) is 5.69 Å². The molecule has 0 bridgehead atoms. The molecule has 0 saturated heterocycles. The lowest BCUT2D eigenvalue weighted by atomic mass is 9.60. The Morgan fingerprint density at radius 2 is 1.89 bits per heavy atom. The molecule has 1 heterocycles. The first kappa shape index (κ1) is 20.3. The number of aliphatic carboxylic acids is 1. The standard InChI is InChI=1S/C23H28FNO3/c1-14-15(2)25(18-9-7-17(24)8-10-18)20(22(3,4)13-28-6)19(14)16-11-23(5,12-16)21(26)27/h7-10,16H,1-2,11-13H2,3-6H3,(H,26,27). The van der Waals surface area contributed by atoms with E-state index in [4.69, 9.17) is 4.74 Å². The van der Waals surface area contributed by atoms with Crippen LogP contribution in [0.5, 0.6) is 0 Å². The van der Waals surface area contributed by atoms with Crippen LogP contribution in [0, 0.1) is 11.2 Å². The van der Waals surface area contributed by atoms with Crippen LogP contribution in [0.15, 0.2) is 24.3 Å². The maximum absolute atomic E-state index is 13.5. The van der Waals surface area contributed by atoms with E-state index >= 15 is 0 Å². The minimum absolute atomic E-state index is 0.0990. The van der Waals surface area contributed by atoms with Crippen LogP contribution in [-0.2, 0) is 14.9 Å². The minimum Gasteiger partial charge on any atom is -0.481 e. The summed E-state index contributed by atoms with van der Waals surface area (Å²) in [4.78, 5) is 11.6. The fraction of sp³-hybridized carbons (Fsp3) is 0.435. The average molecular weight is 385 g/mol. The number of rotatable bonds is 6. The van der Waals surface area contributed by atoms with E-state index < -0.39 is 11.4 Å². The Hall–Kier alpha value is -2.40. The summed E-state index contributed by atoms with van der Waals surface area (Å²) in [6, 6.07) is 6.30.